The maximum atomic E-state index is 16.1. The van der Waals surface area contributed by atoms with Gasteiger partial charge in [0.25, 0.3) is 0 Å². The summed E-state index contributed by atoms with van der Waals surface area (Å²) in [5.74, 6) is 0. The molecule has 224 valence electrons. The van der Waals surface area contributed by atoms with Gasteiger partial charge in [0.05, 0.1) is 0 Å². The van der Waals surface area contributed by atoms with Gasteiger partial charge in [0, 0.05) is 0 Å². The topological polar surface area (TPSA) is 0 Å². The third-order valence-electron chi connectivity index (χ3n) is 8.56. The predicted octanol–water partition coefficient (Wildman–Crippen LogP) is 13.2. The molecule has 0 fully saturated rings. The van der Waals surface area contributed by atoms with E-state index in [-0.39, 0.29) is 0 Å². The van der Waals surface area contributed by atoms with Crippen molar-refractivity contribution in [1.82, 2.24) is 0 Å². The Morgan fingerprint density at radius 3 is 0.472 bits per heavy atom. The molecule has 0 aromatic heterocycles. The summed E-state index contributed by atoms with van der Waals surface area (Å²) in [6.07, 6.45) is 25.3. The van der Waals surface area contributed by atoms with E-state index in [0.29, 0.717) is 0 Å². The van der Waals surface area contributed by atoms with Crippen LogP contribution >= 0.6 is 13.8 Å². The summed E-state index contributed by atoms with van der Waals surface area (Å²) in [4.78, 5) is 0. The van der Waals surface area contributed by atoms with Crippen LogP contribution in [0.5, 0.6) is 0 Å². The standard InChI is InChI=1S/2C16H36FP/c2*1-5-9-13-18(17,14-10-6-2,15-11-7-3)16-12-8-4/h2*5-16H2,1-4H3. The SMILES string of the molecule is CCCCP(F)(CCCC)(CCCC)CCCC.CCCCP(F)(CCCC)(CCCC)CCCC. The maximum absolute atomic E-state index is 16.1. The predicted molar refractivity (Wildman–Crippen MR) is 174 cm³/mol. The number of rotatable bonds is 24. The van der Waals surface area contributed by atoms with Crippen LogP contribution in [0.25, 0.3) is 0 Å². The molecule has 4 heteroatoms. The van der Waals surface area contributed by atoms with Gasteiger partial charge >= 0.3 is 230 Å². The molecule has 36 heavy (non-hydrogen) atoms. The molecule has 0 bridgehead atoms. The monoisotopic (exact) mass is 557 g/mol. The van der Waals surface area contributed by atoms with Crippen molar-refractivity contribution in [2.75, 3.05) is 49.3 Å². The molecule has 0 aromatic carbocycles. The van der Waals surface area contributed by atoms with Crippen LogP contribution in [-0.4, -0.2) is 49.3 Å². The Kier molecular flexibility index (Phi) is 23.2. The average molecular weight is 557 g/mol. The van der Waals surface area contributed by atoms with Crippen molar-refractivity contribution in [1.29, 1.82) is 0 Å². The van der Waals surface area contributed by atoms with E-state index in [1.165, 1.54) is 0 Å². The molecule has 0 aliphatic carbocycles. The molecule has 0 nitrogen and oxygen atoms in total. The number of hydrogen-bond acceptors (Lipinski definition) is 0. The summed E-state index contributed by atoms with van der Waals surface area (Å²) in [5, 5.41) is 0. The molecule has 0 aliphatic heterocycles. The molecule has 0 spiro atoms. The fourth-order valence-corrected chi connectivity index (χ4v) is 17.3. The fraction of sp³-hybridized carbons (Fsp3) is 1.00. The molecule has 0 saturated heterocycles. The van der Waals surface area contributed by atoms with Crippen LogP contribution in [0.4, 0.5) is 8.39 Å². The molecule has 0 atom stereocenters. The summed E-state index contributed by atoms with van der Waals surface area (Å²) in [6.45, 7) is 11.8. The third-order valence-corrected chi connectivity index (χ3v) is 20.0. The number of halogens is 2. The van der Waals surface area contributed by atoms with Gasteiger partial charge in [0.1, 0.15) is 0 Å². The van der Waals surface area contributed by atoms with Crippen LogP contribution in [0.15, 0.2) is 0 Å². The van der Waals surface area contributed by atoms with Crippen molar-refractivity contribution >= 4 is 13.8 Å². The van der Waals surface area contributed by atoms with Crippen molar-refractivity contribution in [2.24, 2.45) is 0 Å². The molecule has 0 aliphatic rings. The van der Waals surface area contributed by atoms with E-state index in [4.69, 9.17) is 0 Å². The first kappa shape index (κ1) is 38.9. The van der Waals surface area contributed by atoms with E-state index < -0.39 is 13.8 Å². The molecular formula is C32H72F2P2. The van der Waals surface area contributed by atoms with Gasteiger partial charge in [-0.2, -0.15) is 0 Å². The Labute approximate surface area is 229 Å². The van der Waals surface area contributed by atoms with Crippen molar-refractivity contribution < 1.29 is 8.39 Å². The molecule has 0 radical (unpaired) electrons. The van der Waals surface area contributed by atoms with Crippen LogP contribution in [-0.2, 0) is 0 Å². The Morgan fingerprint density at radius 2 is 0.389 bits per heavy atom. The van der Waals surface area contributed by atoms with E-state index >= 15 is 8.39 Å². The Bertz CT molecular complexity index is 364. The van der Waals surface area contributed by atoms with Crippen molar-refractivity contribution in [3.05, 3.63) is 0 Å². The molecule has 0 saturated carbocycles. The van der Waals surface area contributed by atoms with Gasteiger partial charge in [0.15, 0.2) is 0 Å². The Morgan fingerprint density at radius 1 is 0.278 bits per heavy atom. The summed E-state index contributed by atoms with van der Waals surface area (Å²) in [6, 6.07) is 0. The minimum absolute atomic E-state index is 0.919. The second-order valence-electron chi connectivity index (χ2n) is 12.3. The molecule has 0 aromatic rings. The van der Waals surface area contributed by atoms with Crippen LogP contribution in [0.3, 0.4) is 0 Å². The van der Waals surface area contributed by atoms with Crippen LogP contribution in [0.1, 0.15) is 158 Å². The number of unbranched alkanes of at least 4 members (excludes halogenated alkanes) is 8. The van der Waals surface area contributed by atoms with E-state index in [2.05, 4.69) is 55.4 Å². The minimum atomic E-state index is -2.86. The van der Waals surface area contributed by atoms with Gasteiger partial charge < -0.3 is 0 Å². The van der Waals surface area contributed by atoms with E-state index in [1.807, 2.05) is 0 Å². The first-order valence-corrected chi connectivity index (χ1v) is 22.3. The molecule has 0 amide bonds. The van der Waals surface area contributed by atoms with Gasteiger partial charge in [-0.05, 0) is 0 Å². The van der Waals surface area contributed by atoms with Gasteiger partial charge in [-0.15, -0.1) is 0 Å². The first-order valence-electron chi connectivity index (χ1n) is 16.5. The number of hydrogen-bond donors (Lipinski definition) is 0. The summed E-state index contributed by atoms with van der Waals surface area (Å²) in [5.41, 5.74) is 0. The fourth-order valence-electron chi connectivity index (χ4n) is 5.77. The van der Waals surface area contributed by atoms with Crippen molar-refractivity contribution in [3.8, 4) is 0 Å². The molecule has 0 N–H and O–H groups in total. The molecule has 0 unspecified atom stereocenters. The normalized spacial score (nSPS) is 14.4. The van der Waals surface area contributed by atoms with Crippen LogP contribution < -0.4 is 0 Å². The summed E-state index contributed by atoms with van der Waals surface area (Å²) >= 11 is 0. The quantitative estimate of drug-likeness (QED) is 0.104. The Hall–Kier alpha value is 0.720. The Balaban J connectivity index is 0. The zero-order valence-corrected chi connectivity index (χ0v) is 28.4. The van der Waals surface area contributed by atoms with Crippen molar-refractivity contribution in [3.63, 3.8) is 0 Å². The third kappa shape index (κ3) is 16.6. The van der Waals surface area contributed by atoms with Crippen LogP contribution in [0.2, 0.25) is 0 Å². The zero-order chi connectivity index (χ0) is 27.9. The summed E-state index contributed by atoms with van der Waals surface area (Å²) < 4.78 is 32.1. The summed E-state index contributed by atoms with van der Waals surface area (Å²) in [7, 11) is 0. The molecule has 0 heterocycles. The van der Waals surface area contributed by atoms with Gasteiger partial charge in [0.2, 0.25) is 0 Å². The van der Waals surface area contributed by atoms with E-state index in [0.717, 1.165) is 152 Å². The molecular weight excluding hydrogens is 484 g/mol. The van der Waals surface area contributed by atoms with Crippen LogP contribution in [0, 0.1) is 0 Å². The zero-order valence-electron chi connectivity index (χ0n) is 26.6. The average Bonchev–Trinajstić information content (AvgIpc) is 2.90. The van der Waals surface area contributed by atoms with E-state index in [1.54, 1.807) is 0 Å². The van der Waals surface area contributed by atoms with Gasteiger partial charge in [-0.3, -0.25) is 0 Å². The van der Waals surface area contributed by atoms with Gasteiger partial charge in [-0.1, -0.05) is 0 Å². The van der Waals surface area contributed by atoms with Crippen molar-refractivity contribution in [2.45, 2.75) is 158 Å². The van der Waals surface area contributed by atoms with Gasteiger partial charge in [-0.25, -0.2) is 0 Å². The second-order valence-corrected chi connectivity index (χ2v) is 23.1. The molecule has 0 rings (SSSR count). The first-order chi connectivity index (χ1) is 17.1. The van der Waals surface area contributed by atoms with E-state index in [9.17, 15) is 0 Å². The second kappa shape index (κ2) is 21.5.